The quantitative estimate of drug-likeness (QED) is 0.825. The van der Waals surface area contributed by atoms with Crippen LogP contribution in [0.1, 0.15) is 21.5 Å². The molecule has 1 amide bonds. The van der Waals surface area contributed by atoms with E-state index in [9.17, 15) is 19.1 Å². The summed E-state index contributed by atoms with van der Waals surface area (Å²) in [5.74, 6) is -2.08. The number of nitrogens with zero attached hydrogens (tertiary/aromatic N) is 1. The molecular formula is C18H17ClFNO4. The second-order valence-electron chi connectivity index (χ2n) is 5.55. The molecule has 0 aliphatic carbocycles. The predicted octanol–water partition coefficient (Wildman–Crippen LogP) is 3.31. The van der Waals surface area contributed by atoms with E-state index in [-0.39, 0.29) is 28.4 Å². The first-order chi connectivity index (χ1) is 11.8. The van der Waals surface area contributed by atoms with Crippen LogP contribution < -0.4 is 0 Å². The molecule has 0 radical (unpaired) electrons. The molecule has 0 unspecified atom stereocenters. The van der Waals surface area contributed by atoms with Crippen molar-refractivity contribution < 1.29 is 23.8 Å². The van der Waals surface area contributed by atoms with E-state index >= 15 is 0 Å². The Labute approximate surface area is 149 Å². The minimum atomic E-state index is -0.817. The number of aromatic hydroxyl groups is 1. The zero-order valence-electron chi connectivity index (χ0n) is 13.8. The summed E-state index contributed by atoms with van der Waals surface area (Å²) < 4.78 is 18.7. The van der Waals surface area contributed by atoms with Crippen LogP contribution in [0.2, 0.25) is 5.02 Å². The number of aryl methyl sites for hydroxylation is 1. The van der Waals surface area contributed by atoms with Crippen molar-refractivity contribution in [1.82, 2.24) is 4.90 Å². The summed E-state index contributed by atoms with van der Waals surface area (Å²) in [7, 11) is 1.45. The second kappa shape index (κ2) is 7.98. The molecule has 132 valence electrons. The van der Waals surface area contributed by atoms with Crippen LogP contribution in [-0.2, 0) is 16.1 Å². The van der Waals surface area contributed by atoms with E-state index in [0.717, 1.165) is 5.56 Å². The van der Waals surface area contributed by atoms with E-state index in [0.29, 0.717) is 0 Å². The van der Waals surface area contributed by atoms with E-state index in [2.05, 4.69) is 0 Å². The Morgan fingerprint density at radius 2 is 2.00 bits per heavy atom. The van der Waals surface area contributed by atoms with Gasteiger partial charge in [-0.3, -0.25) is 4.79 Å². The van der Waals surface area contributed by atoms with Gasteiger partial charge in [-0.15, -0.1) is 0 Å². The average molecular weight is 366 g/mol. The topological polar surface area (TPSA) is 66.8 Å². The molecule has 0 aliphatic heterocycles. The molecule has 0 atom stereocenters. The molecule has 0 bridgehead atoms. The number of hydrogen-bond acceptors (Lipinski definition) is 4. The summed E-state index contributed by atoms with van der Waals surface area (Å²) in [6.07, 6.45) is 0. The number of carbonyl (C=O) groups excluding carboxylic acids is 2. The number of carbonyl (C=O) groups is 2. The number of hydrogen-bond donors (Lipinski definition) is 1. The lowest BCUT2D eigenvalue weighted by Gasteiger charge is -2.18. The molecule has 2 aromatic carbocycles. The van der Waals surface area contributed by atoms with E-state index in [1.54, 1.807) is 13.0 Å². The highest BCUT2D eigenvalue weighted by Gasteiger charge is 2.18. The van der Waals surface area contributed by atoms with Crippen LogP contribution >= 0.6 is 11.6 Å². The van der Waals surface area contributed by atoms with Gasteiger partial charge < -0.3 is 14.7 Å². The number of phenols is 1. The zero-order chi connectivity index (χ0) is 18.6. The minimum absolute atomic E-state index is 0.0294. The third-order valence-corrected chi connectivity index (χ3v) is 3.94. The van der Waals surface area contributed by atoms with Crippen molar-refractivity contribution in [1.29, 1.82) is 0 Å². The smallest absolute Gasteiger partial charge is 0.342 e. The van der Waals surface area contributed by atoms with E-state index in [1.807, 2.05) is 0 Å². The normalized spacial score (nSPS) is 10.4. The van der Waals surface area contributed by atoms with Gasteiger partial charge in [-0.1, -0.05) is 23.7 Å². The maximum atomic E-state index is 13.8. The van der Waals surface area contributed by atoms with Gasteiger partial charge in [-0.2, -0.15) is 0 Å². The standard InChI is InChI=1S/C18H17ClFNO4/c1-11-6-7-12(16(22)8-11)18(24)25-10-17(23)21(2)9-13-14(19)4-3-5-15(13)20/h3-8,22H,9-10H2,1-2H3. The highest BCUT2D eigenvalue weighted by Crippen LogP contribution is 2.21. The number of ether oxygens (including phenoxy) is 1. The first kappa shape index (κ1) is 18.7. The van der Waals surface area contributed by atoms with Gasteiger partial charge in [0.1, 0.15) is 17.1 Å². The molecule has 0 fully saturated rings. The van der Waals surface area contributed by atoms with Crippen LogP contribution in [-0.4, -0.2) is 35.5 Å². The highest BCUT2D eigenvalue weighted by molar-refractivity contribution is 6.31. The molecule has 0 heterocycles. The maximum absolute atomic E-state index is 13.8. The zero-order valence-corrected chi connectivity index (χ0v) is 14.5. The van der Waals surface area contributed by atoms with Crippen LogP contribution in [0, 0.1) is 12.7 Å². The second-order valence-corrected chi connectivity index (χ2v) is 5.95. The number of benzene rings is 2. The van der Waals surface area contributed by atoms with E-state index < -0.39 is 24.3 Å². The highest BCUT2D eigenvalue weighted by atomic mass is 35.5. The lowest BCUT2D eigenvalue weighted by molar-refractivity contribution is -0.133. The van der Waals surface area contributed by atoms with Crippen molar-refractivity contribution in [2.45, 2.75) is 13.5 Å². The third-order valence-electron chi connectivity index (χ3n) is 3.58. The average Bonchev–Trinajstić information content (AvgIpc) is 2.55. The Bertz CT molecular complexity index is 789. The van der Waals surface area contributed by atoms with Gasteiger partial charge in [-0.25, -0.2) is 9.18 Å². The monoisotopic (exact) mass is 365 g/mol. The number of esters is 1. The van der Waals surface area contributed by atoms with Crippen LogP contribution in [0.3, 0.4) is 0 Å². The molecule has 0 aromatic heterocycles. The van der Waals surface area contributed by atoms with Gasteiger partial charge in [0.25, 0.3) is 5.91 Å². The Balaban J connectivity index is 1.96. The maximum Gasteiger partial charge on any atom is 0.342 e. The predicted molar refractivity (Wildman–Crippen MR) is 91.0 cm³/mol. The molecule has 0 aliphatic rings. The van der Waals surface area contributed by atoms with E-state index in [1.165, 1.54) is 42.3 Å². The Kier molecular flexibility index (Phi) is 5.98. The summed E-state index contributed by atoms with van der Waals surface area (Å²) in [6, 6.07) is 8.73. The first-order valence-electron chi connectivity index (χ1n) is 7.43. The number of halogens is 2. The SMILES string of the molecule is Cc1ccc(C(=O)OCC(=O)N(C)Cc2c(F)cccc2Cl)c(O)c1. The molecular weight excluding hydrogens is 349 g/mol. The first-order valence-corrected chi connectivity index (χ1v) is 7.81. The molecule has 25 heavy (non-hydrogen) atoms. The molecule has 0 spiro atoms. The molecule has 2 rings (SSSR count). The Hall–Kier alpha value is -2.60. The molecule has 5 nitrogen and oxygen atoms in total. The van der Waals surface area contributed by atoms with Crippen LogP contribution in [0.25, 0.3) is 0 Å². The number of likely N-dealkylation sites (N-methyl/N-ethyl adjacent to an activating group) is 1. The van der Waals surface area contributed by atoms with Crippen molar-refractivity contribution in [3.8, 4) is 5.75 Å². The summed E-state index contributed by atoms with van der Waals surface area (Å²) in [5.41, 5.74) is 0.937. The number of amides is 1. The van der Waals surface area contributed by atoms with Crippen molar-refractivity contribution >= 4 is 23.5 Å². The number of rotatable bonds is 5. The van der Waals surface area contributed by atoms with Crippen molar-refractivity contribution in [3.63, 3.8) is 0 Å². The van der Waals surface area contributed by atoms with Gasteiger partial charge in [0.2, 0.25) is 0 Å². The summed E-state index contributed by atoms with van der Waals surface area (Å²) in [5, 5.41) is 9.95. The van der Waals surface area contributed by atoms with Crippen molar-refractivity contribution in [2.75, 3.05) is 13.7 Å². The molecule has 1 N–H and O–H groups in total. The lowest BCUT2D eigenvalue weighted by atomic mass is 10.1. The van der Waals surface area contributed by atoms with Crippen LogP contribution in [0.4, 0.5) is 4.39 Å². The molecule has 2 aromatic rings. The molecule has 0 saturated carbocycles. The largest absolute Gasteiger partial charge is 0.507 e. The minimum Gasteiger partial charge on any atom is -0.507 e. The summed E-state index contributed by atoms with van der Waals surface area (Å²) in [4.78, 5) is 25.2. The van der Waals surface area contributed by atoms with Gasteiger partial charge >= 0.3 is 5.97 Å². The van der Waals surface area contributed by atoms with Crippen molar-refractivity contribution in [2.24, 2.45) is 0 Å². The Morgan fingerprint density at radius 3 is 2.64 bits per heavy atom. The number of phenolic OH excluding ortho intramolecular Hbond substituents is 1. The van der Waals surface area contributed by atoms with Gasteiger partial charge in [0, 0.05) is 24.2 Å². The van der Waals surface area contributed by atoms with Gasteiger partial charge in [0.15, 0.2) is 6.61 Å². The fourth-order valence-corrected chi connectivity index (χ4v) is 2.36. The van der Waals surface area contributed by atoms with E-state index in [4.69, 9.17) is 16.3 Å². The summed E-state index contributed by atoms with van der Waals surface area (Å²) in [6.45, 7) is 1.17. The summed E-state index contributed by atoms with van der Waals surface area (Å²) >= 11 is 5.92. The molecule has 7 heteroatoms. The Morgan fingerprint density at radius 1 is 1.28 bits per heavy atom. The van der Waals surface area contributed by atoms with Gasteiger partial charge in [0.05, 0.1) is 0 Å². The van der Waals surface area contributed by atoms with Gasteiger partial charge in [-0.05, 0) is 36.8 Å². The van der Waals surface area contributed by atoms with Crippen molar-refractivity contribution in [3.05, 3.63) is 63.9 Å². The fourth-order valence-electron chi connectivity index (χ4n) is 2.14. The van der Waals surface area contributed by atoms with Crippen LogP contribution in [0.5, 0.6) is 5.75 Å². The molecule has 0 saturated heterocycles. The lowest BCUT2D eigenvalue weighted by Crippen LogP contribution is -2.31. The third kappa shape index (κ3) is 4.70. The fraction of sp³-hybridized carbons (Fsp3) is 0.222. The van der Waals surface area contributed by atoms with Crippen LogP contribution in [0.15, 0.2) is 36.4 Å².